The first kappa shape index (κ1) is 15.2. The summed E-state index contributed by atoms with van der Waals surface area (Å²) in [7, 11) is 0. The van der Waals surface area contributed by atoms with E-state index in [1.54, 1.807) is 42.6 Å². The largest absolute Gasteiger partial charge is 0.508 e. The second-order valence-corrected chi connectivity index (χ2v) is 5.01. The first-order valence-corrected chi connectivity index (χ1v) is 7.20. The molecule has 120 valence electrons. The van der Waals surface area contributed by atoms with E-state index < -0.39 is 6.10 Å². The van der Waals surface area contributed by atoms with Crippen molar-refractivity contribution in [2.24, 2.45) is 0 Å². The van der Waals surface area contributed by atoms with Crippen LogP contribution in [0.3, 0.4) is 0 Å². The number of hydrogen-bond acceptors (Lipinski definition) is 7. The highest BCUT2D eigenvalue weighted by atomic mass is 16.5. The molecule has 3 N–H and O–H groups in total. The molecule has 8 nitrogen and oxygen atoms in total. The van der Waals surface area contributed by atoms with Crippen LogP contribution in [-0.2, 0) is 0 Å². The lowest BCUT2D eigenvalue weighted by atomic mass is 10.1. The van der Waals surface area contributed by atoms with Crippen molar-refractivity contribution in [3.05, 3.63) is 48.2 Å². The number of fused-ring (bicyclic) bond motifs is 1. The molecule has 0 radical (unpaired) electrons. The Morgan fingerprint density at radius 3 is 2.83 bits per heavy atom. The van der Waals surface area contributed by atoms with Gasteiger partial charge in [0.15, 0.2) is 5.65 Å². The summed E-state index contributed by atoms with van der Waals surface area (Å²) < 4.78 is 7.03. The summed E-state index contributed by atoms with van der Waals surface area (Å²) in [6, 6.07) is 10.1. The molecular weight excluding hydrogens is 298 g/mol. The van der Waals surface area contributed by atoms with Crippen LogP contribution in [0, 0.1) is 0 Å². The number of aliphatic hydroxyl groups is 1. The van der Waals surface area contributed by atoms with Crippen LogP contribution in [0.2, 0.25) is 0 Å². The van der Waals surface area contributed by atoms with Crippen LogP contribution in [0.25, 0.3) is 5.65 Å². The molecule has 0 aliphatic heterocycles. The van der Waals surface area contributed by atoms with E-state index in [1.165, 1.54) is 4.52 Å². The number of benzene rings is 1. The number of nitrogens with one attached hydrogen (secondary N) is 1. The van der Waals surface area contributed by atoms with E-state index in [9.17, 15) is 10.2 Å². The molecule has 3 rings (SSSR count). The zero-order valence-corrected chi connectivity index (χ0v) is 12.3. The van der Waals surface area contributed by atoms with Gasteiger partial charge in [-0.05, 0) is 40.8 Å². The molecule has 0 saturated heterocycles. The second kappa shape index (κ2) is 7.03. The van der Waals surface area contributed by atoms with Gasteiger partial charge in [0.1, 0.15) is 18.1 Å². The molecule has 0 unspecified atom stereocenters. The number of pyridine rings is 1. The number of rotatable bonds is 7. The molecule has 0 aliphatic carbocycles. The number of aromatic hydroxyl groups is 1. The summed E-state index contributed by atoms with van der Waals surface area (Å²) in [5.41, 5.74) is 1.37. The zero-order chi connectivity index (χ0) is 16.1. The Morgan fingerprint density at radius 2 is 2.00 bits per heavy atom. The van der Waals surface area contributed by atoms with Crippen LogP contribution in [-0.4, -0.2) is 50.0 Å². The fraction of sp³-hybridized carbons (Fsp3) is 0.267. The number of phenolic OH excluding ortho intramolecular Hbond substituents is 1. The van der Waals surface area contributed by atoms with Crippen molar-refractivity contribution >= 4 is 5.65 Å². The number of tetrazole rings is 1. The van der Waals surface area contributed by atoms with E-state index in [2.05, 4.69) is 20.8 Å². The van der Waals surface area contributed by atoms with Crippen LogP contribution in [0.15, 0.2) is 42.6 Å². The van der Waals surface area contributed by atoms with E-state index in [0.717, 1.165) is 5.56 Å². The minimum atomic E-state index is -0.655. The van der Waals surface area contributed by atoms with Gasteiger partial charge in [0.2, 0.25) is 0 Å². The Labute approximate surface area is 132 Å². The highest BCUT2D eigenvalue weighted by molar-refractivity contribution is 5.36. The van der Waals surface area contributed by atoms with Crippen molar-refractivity contribution < 1.29 is 14.9 Å². The number of aliphatic hydroxyl groups excluding tert-OH is 1. The van der Waals surface area contributed by atoms with Crippen LogP contribution in [0.4, 0.5) is 0 Å². The van der Waals surface area contributed by atoms with Crippen molar-refractivity contribution in [3.63, 3.8) is 0 Å². The van der Waals surface area contributed by atoms with Crippen molar-refractivity contribution in [2.75, 3.05) is 19.7 Å². The molecule has 3 aromatic rings. The number of aromatic nitrogens is 4. The third kappa shape index (κ3) is 3.93. The average molecular weight is 315 g/mol. The third-order valence-corrected chi connectivity index (χ3v) is 3.32. The monoisotopic (exact) mass is 315 g/mol. The van der Waals surface area contributed by atoms with E-state index >= 15 is 0 Å². The lowest BCUT2D eigenvalue weighted by molar-refractivity contribution is 0.171. The van der Waals surface area contributed by atoms with Gasteiger partial charge >= 0.3 is 0 Å². The highest BCUT2D eigenvalue weighted by Gasteiger charge is 2.08. The minimum absolute atomic E-state index is 0.207. The summed E-state index contributed by atoms with van der Waals surface area (Å²) in [6.45, 7) is 1.45. The Kier molecular flexibility index (Phi) is 4.65. The quantitative estimate of drug-likeness (QED) is 0.546. The molecule has 0 amide bonds. The molecule has 0 saturated carbocycles. The van der Waals surface area contributed by atoms with Gasteiger partial charge in [0, 0.05) is 24.8 Å². The summed E-state index contributed by atoms with van der Waals surface area (Å²) >= 11 is 0. The summed E-state index contributed by atoms with van der Waals surface area (Å²) in [4.78, 5) is 0. The highest BCUT2D eigenvalue weighted by Crippen LogP contribution is 2.15. The number of hydrogen-bond donors (Lipinski definition) is 3. The molecule has 1 aromatic carbocycles. The lowest BCUT2D eigenvalue weighted by Crippen LogP contribution is -2.26. The maximum absolute atomic E-state index is 10.2. The van der Waals surface area contributed by atoms with Gasteiger partial charge in [0.05, 0.1) is 6.10 Å². The van der Waals surface area contributed by atoms with Gasteiger partial charge in [-0.25, -0.2) is 4.52 Å². The Morgan fingerprint density at radius 1 is 1.17 bits per heavy atom. The smallest absolute Gasteiger partial charge is 0.179 e. The molecule has 2 heterocycles. The molecule has 1 atom stereocenters. The van der Waals surface area contributed by atoms with Crippen LogP contribution >= 0.6 is 0 Å². The molecule has 0 bridgehead atoms. The summed E-state index contributed by atoms with van der Waals surface area (Å²) in [6.07, 6.45) is 1.05. The number of ether oxygens (including phenoxy) is 1. The standard InChI is InChI=1S/C15H17N5O3/c21-12-2-4-13(5-3-12)23-8-7-16-9-14(22)11-1-6-15-17-18-19-20(15)10-11/h1-6,10,14,16,21-22H,7-9H2/t14-/m0/s1. The maximum Gasteiger partial charge on any atom is 0.179 e. The lowest BCUT2D eigenvalue weighted by Gasteiger charge is -2.12. The summed E-state index contributed by atoms with van der Waals surface area (Å²) in [5, 5.41) is 33.6. The SMILES string of the molecule is Oc1ccc(OCCNC[C@H](O)c2ccc3nnnn3c2)cc1. The van der Waals surface area contributed by atoms with Crippen molar-refractivity contribution in [1.82, 2.24) is 25.4 Å². The van der Waals surface area contributed by atoms with Gasteiger partial charge in [-0.2, -0.15) is 0 Å². The maximum atomic E-state index is 10.2. The van der Waals surface area contributed by atoms with Crippen molar-refractivity contribution in [2.45, 2.75) is 6.10 Å². The molecule has 8 heteroatoms. The molecular formula is C15H17N5O3. The van der Waals surface area contributed by atoms with Crippen LogP contribution < -0.4 is 10.1 Å². The average Bonchev–Trinajstić information content (AvgIpc) is 3.03. The van der Waals surface area contributed by atoms with E-state index in [1.807, 2.05) is 0 Å². The second-order valence-electron chi connectivity index (χ2n) is 5.01. The molecule has 0 fully saturated rings. The number of nitrogens with zero attached hydrogens (tertiary/aromatic N) is 4. The van der Waals surface area contributed by atoms with Gasteiger partial charge in [0.25, 0.3) is 0 Å². The molecule has 0 spiro atoms. The first-order valence-electron chi connectivity index (χ1n) is 7.20. The van der Waals surface area contributed by atoms with Crippen LogP contribution in [0.1, 0.15) is 11.7 Å². The van der Waals surface area contributed by atoms with E-state index in [0.29, 0.717) is 31.1 Å². The third-order valence-electron chi connectivity index (χ3n) is 3.32. The fourth-order valence-corrected chi connectivity index (χ4v) is 2.09. The zero-order valence-electron chi connectivity index (χ0n) is 12.3. The number of phenols is 1. The van der Waals surface area contributed by atoms with E-state index in [-0.39, 0.29) is 5.75 Å². The first-order chi connectivity index (χ1) is 11.2. The molecule has 23 heavy (non-hydrogen) atoms. The van der Waals surface area contributed by atoms with Gasteiger partial charge in [-0.3, -0.25) is 0 Å². The van der Waals surface area contributed by atoms with Crippen molar-refractivity contribution in [3.8, 4) is 11.5 Å². The van der Waals surface area contributed by atoms with Crippen molar-refractivity contribution in [1.29, 1.82) is 0 Å². The Bertz CT molecular complexity index is 759. The van der Waals surface area contributed by atoms with E-state index in [4.69, 9.17) is 4.74 Å². The summed E-state index contributed by atoms with van der Waals surface area (Å²) in [5.74, 6) is 0.896. The molecule has 2 aromatic heterocycles. The Hall–Kier alpha value is -2.71. The predicted molar refractivity (Wildman–Crippen MR) is 82.2 cm³/mol. The fourth-order valence-electron chi connectivity index (χ4n) is 2.09. The van der Waals surface area contributed by atoms with Gasteiger partial charge in [-0.1, -0.05) is 6.07 Å². The van der Waals surface area contributed by atoms with Crippen LogP contribution in [0.5, 0.6) is 11.5 Å². The molecule has 0 aliphatic rings. The normalized spacial score (nSPS) is 12.4. The Balaban J connectivity index is 1.42. The minimum Gasteiger partial charge on any atom is -0.508 e. The topological polar surface area (TPSA) is 105 Å². The van der Waals surface area contributed by atoms with Gasteiger partial charge in [-0.15, -0.1) is 5.10 Å². The van der Waals surface area contributed by atoms with Gasteiger partial charge < -0.3 is 20.3 Å². The predicted octanol–water partition coefficient (Wildman–Crippen LogP) is 0.532.